The number of aromatic nitrogens is 3. The number of aryl methyl sites for hydroxylation is 2. The van der Waals surface area contributed by atoms with Crippen molar-refractivity contribution in [2.45, 2.75) is 32.5 Å². The van der Waals surface area contributed by atoms with Gasteiger partial charge in [0.25, 0.3) is 0 Å². The Morgan fingerprint density at radius 1 is 1.29 bits per heavy atom. The average Bonchev–Trinajstić information content (AvgIpc) is 3.10. The van der Waals surface area contributed by atoms with Crippen LogP contribution < -0.4 is 0 Å². The molecule has 3 aromatic rings. The number of nitrogens with zero attached hydrogens (tertiary/aromatic N) is 4. The lowest BCUT2D eigenvalue weighted by Crippen LogP contribution is -2.27. The minimum Gasteiger partial charge on any atom is -0.386 e. The Balaban J connectivity index is 1.80. The first kappa shape index (κ1) is 15.4. The maximum Gasteiger partial charge on any atom is 0.0999 e. The Bertz CT molecular complexity index is 892. The molecule has 0 saturated carbocycles. The highest BCUT2D eigenvalue weighted by molar-refractivity contribution is 5.86. The van der Waals surface area contributed by atoms with Crippen molar-refractivity contribution in [2.75, 3.05) is 13.6 Å². The molecule has 0 bridgehead atoms. The molecule has 1 aliphatic rings. The number of likely N-dealkylation sites (N-methyl/N-ethyl adjacent to an activating group) is 1. The van der Waals surface area contributed by atoms with E-state index < -0.39 is 6.10 Å². The van der Waals surface area contributed by atoms with Gasteiger partial charge in [-0.05, 0) is 31.7 Å². The van der Waals surface area contributed by atoms with Crippen LogP contribution in [-0.2, 0) is 26.6 Å². The minimum atomic E-state index is -0.542. The van der Waals surface area contributed by atoms with Crippen LogP contribution in [0.4, 0.5) is 0 Å². The second kappa shape index (κ2) is 5.76. The zero-order valence-electron chi connectivity index (χ0n) is 14.5. The summed E-state index contributed by atoms with van der Waals surface area (Å²) in [6, 6.07) is 6.63. The molecule has 0 saturated heterocycles. The first-order valence-corrected chi connectivity index (χ1v) is 8.48. The van der Waals surface area contributed by atoms with E-state index in [1.165, 1.54) is 27.7 Å². The third kappa shape index (κ3) is 2.54. The van der Waals surface area contributed by atoms with Crippen molar-refractivity contribution >= 4 is 10.9 Å². The molecule has 0 amide bonds. The SMILES string of the molecule is Cc1ccc2c(c1)c1c(n2CC(O)c2cnn(C)c2)CCN(C)C1. The number of aliphatic hydroxyl groups excluding tert-OH is 1. The summed E-state index contributed by atoms with van der Waals surface area (Å²) < 4.78 is 4.05. The summed E-state index contributed by atoms with van der Waals surface area (Å²) in [6.45, 7) is 4.75. The molecule has 0 radical (unpaired) electrons. The molecular formula is C19H24N4O. The Labute approximate surface area is 142 Å². The fourth-order valence-corrected chi connectivity index (χ4v) is 3.80. The normalized spacial score (nSPS) is 16.5. The molecule has 4 rings (SSSR count). The van der Waals surface area contributed by atoms with Crippen LogP contribution in [0.1, 0.15) is 28.5 Å². The van der Waals surface area contributed by atoms with Crippen LogP contribution in [0.5, 0.6) is 0 Å². The van der Waals surface area contributed by atoms with Gasteiger partial charge in [-0.15, -0.1) is 0 Å². The van der Waals surface area contributed by atoms with Crippen molar-refractivity contribution in [1.29, 1.82) is 0 Å². The number of aliphatic hydroxyl groups is 1. The molecule has 1 aromatic carbocycles. The molecule has 1 atom stereocenters. The molecule has 3 heterocycles. The predicted octanol–water partition coefficient (Wildman–Crippen LogP) is 2.40. The molecule has 2 aromatic heterocycles. The van der Waals surface area contributed by atoms with Gasteiger partial charge in [-0.3, -0.25) is 4.68 Å². The number of hydrogen-bond donors (Lipinski definition) is 1. The zero-order valence-corrected chi connectivity index (χ0v) is 14.5. The summed E-state index contributed by atoms with van der Waals surface area (Å²) in [7, 11) is 4.05. The van der Waals surface area contributed by atoms with E-state index in [9.17, 15) is 5.11 Å². The monoisotopic (exact) mass is 324 g/mol. The van der Waals surface area contributed by atoms with Gasteiger partial charge < -0.3 is 14.6 Å². The molecule has 5 nitrogen and oxygen atoms in total. The molecule has 1 aliphatic heterocycles. The molecule has 0 spiro atoms. The van der Waals surface area contributed by atoms with Gasteiger partial charge in [0.15, 0.2) is 0 Å². The second-order valence-electron chi connectivity index (χ2n) is 7.01. The van der Waals surface area contributed by atoms with Crippen molar-refractivity contribution in [1.82, 2.24) is 19.2 Å². The largest absolute Gasteiger partial charge is 0.386 e. The summed E-state index contributed by atoms with van der Waals surface area (Å²) in [4.78, 5) is 2.37. The Morgan fingerprint density at radius 2 is 2.12 bits per heavy atom. The fourth-order valence-electron chi connectivity index (χ4n) is 3.80. The minimum absolute atomic E-state index is 0.542. The van der Waals surface area contributed by atoms with Gasteiger partial charge in [0.05, 0.1) is 18.8 Å². The van der Waals surface area contributed by atoms with Gasteiger partial charge in [0.1, 0.15) is 0 Å². The molecule has 1 N–H and O–H groups in total. The van der Waals surface area contributed by atoms with Crippen LogP contribution in [0, 0.1) is 6.92 Å². The number of fused-ring (bicyclic) bond motifs is 3. The van der Waals surface area contributed by atoms with E-state index in [0.717, 1.165) is 25.1 Å². The quantitative estimate of drug-likeness (QED) is 0.805. The van der Waals surface area contributed by atoms with E-state index in [2.05, 4.69) is 46.7 Å². The average molecular weight is 324 g/mol. The van der Waals surface area contributed by atoms with Gasteiger partial charge in [0, 0.05) is 54.9 Å². The van der Waals surface area contributed by atoms with Crippen molar-refractivity contribution in [3.63, 3.8) is 0 Å². The fraction of sp³-hybridized carbons (Fsp3) is 0.421. The molecule has 0 aliphatic carbocycles. The number of benzene rings is 1. The number of hydrogen-bond acceptors (Lipinski definition) is 3. The maximum absolute atomic E-state index is 10.7. The topological polar surface area (TPSA) is 46.2 Å². The van der Waals surface area contributed by atoms with E-state index in [1.54, 1.807) is 10.9 Å². The molecule has 1 unspecified atom stereocenters. The molecule has 24 heavy (non-hydrogen) atoms. The van der Waals surface area contributed by atoms with Crippen LogP contribution >= 0.6 is 0 Å². The smallest absolute Gasteiger partial charge is 0.0999 e. The van der Waals surface area contributed by atoms with Crippen LogP contribution in [0.2, 0.25) is 0 Å². The van der Waals surface area contributed by atoms with E-state index in [0.29, 0.717) is 6.54 Å². The van der Waals surface area contributed by atoms with Gasteiger partial charge in [-0.1, -0.05) is 11.6 Å². The van der Waals surface area contributed by atoms with E-state index in [-0.39, 0.29) is 0 Å². The second-order valence-corrected chi connectivity index (χ2v) is 7.01. The Kier molecular flexibility index (Phi) is 3.70. The van der Waals surface area contributed by atoms with Gasteiger partial charge in [0.2, 0.25) is 0 Å². The van der Waals surface area contributed by atoms with Crippen molar-refractivity contribution in [3.8, 4) is 0 Å². The third-order valence-electron chi connectivity index (χ3n) is 5.07. The summed E-state index contributed by atoms with van der Waals surface area (Å²) >= 11 is 0. The van der Waals surface area contributed by atoms with Crippen LogP contribution in [0.15, 0.2) is 30.6 Å². The lowest BCUT2D eigenvalue weighted by molar-refractivity contribution is 0.156. The van der Waals surface area contributed by atoms with Crippen molar-refractivity contribution < 1.29 is 5.11 Å². The lowest BCUT2D eigenvalue weighted by atomic mass is 10.0. The standard InChI is InChI=1S/C19H24N4O/c1-13-4-5-17-15(8-13)16-11-21(2)7-6-18(16)23(17)12-19(24)14-9-20-22(3)10-14/h4-5,8-10,19,24H,6-7,11-12H2,1-3H3. The van der Waals surface area contributed by atoms with Gasteiger partial charge in [-0.2, -0.15) is 5.10 Å². The van der Waals surface area contributed by atoms with Crippen molar-refractivity contribution in [2.24, 2.45) is 7.05 Å². The molecule has 126 valence electrons. The first-order chi connectivity index (χ1) is 11.5. The highest BCUT2D eigenvalue weighted by Crippen LogP contribution is 2.32. The first-order valence-electron chi connectivity index (χ1n) is 8.48. The molecule has 0 fully saturated rings. The lowest BCUT2D eigenvalue weighted by Gasteiger charge is -2.24. The van der Waals surface area contributed by atoms with Crippen molar-refractivity contribution in [3.05, 3.63) is 53.0 Å². The summed E-state index contributed by atoms with van der Waals surface area (Å²) in [5.74, 6) is 0. The van der Waals surface area contributed by atoms with Gasteiger partial charge >= 0.3 is 0 Å². The number of rotatable bonds is 3. The molecular weight excluding hydrogens is 300 g/mol. The van der Waals surface area contributed by atoms with Gasteiger partial charge in [-0.25, -0.2) is 0 Å². The highest BCUT2D eigenvalue weighted by Gasteiger charge is 2.24. The molecule has 5 heteroatoms. The van der Waals surface area contributed by atoms with E-state index in [4.69, 9.17) is 0 Å². The predicted molar refractivity (Wildman–Crippen MR) is 94.9 cm³/mol. The van der Waals surface area contributed by atoms with E-state index in [1.807, 2.05) is 13.2 Å². The van der Waals surface area contributed by atoms with Crippen LogP contribution in [0.25, 0.3) is 10.9 Å². The van der Waals surface area contributed by atoms with Crippen LogP contribution in [-0.4, -0.2) is 37.9 Å². The third-order valence-corrected chi connectivity index (χ3v) is 5.07. The maximum atomic E-state index is 10.7. The summed E-state index contributed by atoms with van der Waals surface area (Å²) in [5, 5.41) is 16.2. The van der Waals surface area contributed by atoms with Crippen LogP contribution in [0.3, 0.4) is 0 Å². The highest BCUT2D eigenvalue weighted by atomic mass is 16.3. The summed E-state index contributed by atoms with van der Waals surface area (Å²) in [6.07, 6.45) is 4.13. The summed E-state index contributed by atoms with van der Waals surface area (Å²) in [5.41, 5.74) is 6.16. The Hall–Kier alpha value is -2.11. The zero-order chi connectivity index (χ0) is 16.8. The van der Waals surface area contributed by atoms with E-state index >= 15 is 0 Å². The Morgan fingerprint density at radius 3 is 2.88 bits per heavy atom.